The van der Waals surface area contributed by atoms with Crippen molar-refractivity contribution in [2.75, 3.05) is 45.2 Å². The predicted molar refractivity (Wildman–Crippen MR) is 563 cm³/mol. The lowest BCUT2D eigenvalue weighted by Gasteiger charge is -2.23. The molecule has 56 nitrogen and oxygen atoms in total. The van der Waals surface area contributed by atoms with Crippen molar-refractivity contribution >= 4 is 280 Å². The number of imidazole rings is 5. The number of hydrogen-bond acceptors (Lipinski definition) is 49. The van der Waals surface area contributed by atoms with E-state index in [1.165, 1.54) is 103 Å². The molecule has 5 aliphatic rings. The average Bonchev–Trinajstić information content (AvgIpc) is 1.61. The van der Waals surface area contributed by atoms with E-state index in [0.717, 1.165) is 19.3 Å². The lowest BCUT2D eigenvalue weighted by molar-refractivity contribution is -0.165. The molecule has 66 heteroatoms. The van der Waals surface area contributed by atoms with Gasteiger partial charge in [-0.3, -0.25) is 85.3 Å². The summed E-state index contributed by atoms with van der Waals surface area (Å²) in [6, 6.07) is 0. The zero-order chi connectivity index (χ0) is 105. The Bertz CT molecular complexity index is 6020. The van der Waals surface area contributed by atoms with E-state index in [9.17, 15) is 77.8 Å². The minimum atomic E-state index is -3.22. The molecule has 0 aliphatic carbocycles. The standard InChI is InChI=1S/C15H16ClIN4O5.C15H18ClN5O5.C15H19N5O6.C10H12IN5O4.C10H13N5O5.C5H11NO2.C4H6O3.CH2I2.5CH4.Cl3OP/c2*1-4-8-10(24-6(2)22)11(25-7(3)23)14(26-8)21-5-18-9-12(16)19-15(17)20-13(9)21;1-4-8-10(24-6(2)21)11(25-7(3)22)14(26-8)20-5-17-9-12(20)18-15(16)19-13(9)23;11-10-14-7(12)4-8(15-10)16(2-13-4)9-6(19)5(18)3(1-17)20-9;11-10-13-7-4(8(19)14-10)12-2-15(7)9-6(18)5(17)3(1-16)20-9;1-2-3-4-5-8-6-7;1-3(5)7-4(2)6;2-1-3;;;;;;1-5(2,3)4/h5,8,10-11,14H,4H2,1-3H3;5,8,10-11,14H,4H2,1-3H3,(H2,17,19,20);5,8,10-11,14H,4H2,1-3H3,(H3,16,18,19,23);2-3,5-6,9,17-19H,1H2,(H2,12,14,15);2-3,5-6,9,16-18H,1H2,(H3,11,13,14,19);2-5H2,1H3;1-2H3;1H2;5*1H4;/t3*8-,10-,11-,14?;2*3-,5-,6-,9?;;;;;;;;;/m11111........./s1. The van der Waals surface area contributed by atoms with Crippen LogP contribution in [-0.2, 0) is 105 Å². The van der Waals surface area contributed by atoms with Crippen LogP contribution in [0.2, 0.25) is 10.3 Å². The van der Waals surface area contributed by atoms with Crippen molar-refractivity contribution in [2.24, 2.45) is 5.34 Å². The van der Waals surface area contributed by atoms with Crippen LogP contribution < -0.4 is 34.1 Å². The highest BCUT2D eigenvalue weighted by Crippen LogP contribution is 2.61. The number of nitrogens with zero attached hydrogens (tertiary/aromatic N) is 19. The number of halogens is 9. The van der Waals surface area contributed by atoms with E-state index in [0.29, 0.717) is 67.0 Å². The molecule has 0 saturated carbocycles. The summed E-state index contributed by atoms with van der Waals surface area (Å²) in [5.74, 6) is -4.23. The molecule has 0 bridgehead atoms. The monoisotopic (exact) mass is 2640 g/mol. The van der Waals surface area contributed by atoms with E-state index < -0.39 is 200 Å². The van der Waals surface area contributed by atoms with Crippen LogP contribution in [0.15, 0.2) is 46.6 Å². The molecule has 10 aromatic heterocycles. The van der Waals surface area contributed by atoms with Gasteiger partial charge in [0.2, 0.25) is 17.8 Å². The fraction of sp³-hybridized carbons (Fsp3) is 0.588. The quantitative estimate of drug-likeness (QED) is 0.00272. The summed E-state index contributed by atoms with van der Waals surface area (Å²) in [6.07, 6.45) is -5.71. The number of aliphatic hydroxyl groups excluding tert-OH is 6. The van der Waals surface area contributed by atoms with Gasteiger partial charge in [-0.1, -0.05) is 146 Å². The molecular formula is C80H117Cl5I4N25O31P. The first-order valence-corrected chi connectivity index (χ1v) is 51.8. The Morgan fingerprint density at radius 2 is 0.705 bits per heavy atom. The van der Waals surface area contributed by atoms with Crippen molar-refractivity contribution in [1.82, 2.24) is 97.6 Å². The number of fused-ring (bicyclic) bond motifs is 5. The number of unbranched alkanes of at least 4 members (excludes halogenated alkanes) is 2. The fourth-order valence-electron chi connectivity index (χ4n) is 14.1. The molecular weight excluding hydrogens is 2520 g/mol. The maximum Gasteiger partial charge on any atom is 0.339 e. The number of aromatic nitrogens is 20. The number of nitrogens with two attached hydrogens (primary N) is 4. The maximum absolute atomic E-state index is 12.0. The number of nitrogens with one attached hydrogen (secondary N) is 2. The third kappa shape index (κ3) is 36.2. The molecule has 146 heavy (non-hydrogen) atoms. The number of alkyl halides is 2. The summed E-state index contributed by atoms with van der Waals surface area (Å²) in [5.41, 5.74) is 24.2. The van der Waals surface area contributed by atoms with Crippen LogP contribution >= 0.6 is 152 Å². The van der Waals surface area contributed by atoms with Gasteiger partial charge in [-0.2, -0.15) is 19.9 Å². The lowest BCUT2D eigenvalue weighted by atomic mass is 10.1. The molecule has 0 radical (unpaired) electrons. The smallest absolute Gasteiger partial charge is 0.339 e. The lowest BCUT2D eigenvalue weighted by Crippen LogP contribution is -2.38. The number of carbonyl (C=O) groups excluding carboxylic acids is 8. The summed E-state index contributed by atoms with van der Waals surface area (Å²) < 4.78 is 83.9. The van der Waals surface area contributed by atoms with E-state index in [-0.39, 0.29) is 93.4 Å². The van der Waals surface area contributed by atoms with Crippen molar-refractivity contribution < 1.29 is 135 Å². The molecule has 0 aromatic carbocycles. The summed E-state index contributed by atoms with van der Waals surface area (Å²) in [6.45, 7) is 17.3. The Labute approximate surface area is 912 Å². The minimum Gasteiger partial charge on any atom is -0.456 e. The highest BCUT2D eigenvalue weighted by Gasteiger charge is 2.54. The van der Waals surface area contributed by atoms with Gasteiger partial charge in [0.25, 0.3) is 11.1 Å². The molecule has 816 valence electrons. The van der Waals surface area contributed by atoms with E-state index in [1.54, 1.807) is 9.13 Å². The summed E-state index contributed by atoms with van der Waals surface area (Å²) in [5, 5.41) is 57.0. The number of carbonyl (C=O) groups is 8. The van der Waals surface area contributed by atoms with Crippen molar-refractivity contribution in [1.29, 1.82) is 0 Å². The third-order valence-corrected chi connectivity index (χ3v) is 21.0. The summed E-state index contributed by atoms with van der Waals surface area (Å²) in [4.78, 5) is 184. The molecule has 5 aliphatic heterocycles. The Balaban J connectivity index is 0.000000581. The second-order valence-electron chi connectivity index (χ2n) is 29.6. The maximum atomic E-state index is 12.0. The molecule has 16 N–H and O–H groups in total. The van der Waals surface area contributed by atoms with Crippen molar-refractivity contribution in [3.8, 4) is 0 Å². The van der Waals surface area contributed by atoms with Gasteiger partial charge >= 0.3 is 53.0 Å². The Morgan fingerprint density at radius 1 is 0.425 bits per heavy atom. The Morgan fingerprint density at radius 3 is 1.00 bits per heavy atom. The van der Waals surface area contributed by atoms with Crippen LogP contribution in [0.1, 0.15) is 190 Å². The van der Waals surface area contributed by atoms with Crippen molar-refractivity contribution in [3.63, 3.8) is 0 Å². The highest BCUT2D eigenvalue weighted by molar-refractivity contribution is 14.2. The third-order valence-electron chi connectivity index (χ3n) is 19.5. The van der Waals surface area contributed by atoms with E-state index in [4.69, 9.17) is 108 Å². The van der Waals surface area contributed by atoms with E-state index >= 15 is 0 Å². The number of anilines is 4. The second-order valence-corrected chi connectivity index (χ2v) is 43.3. The Hall–Kier alpha value is -8.93. The zero-order valence-corrected chi connectivity index (χ0v) is 89.4. The van der Waals surface area contributed by atoms with E-state index in [1.807, 2.05) is 66.0 Å². The number of aromatic amines is 2. The van der Waals surface area contributed by atoms with Crippen LogP contribution in [0.3, 0.4) is 0 Å². The zero-order valence-electron chi connectivity index (χ0n) is 76.0. The number of H-pyrrole nitrogens is 2. The largest absolute Gasteiger partial charge is 0.456 e. The number of nitrogen functional groups attached to an aromatic ring is 4. The molecule has 0 spiro atoms. The molecule has 5 unspecified atom stereocenters. The number of rotatable bonds is 21. The van der Waals surface area contributed by atoms with E-state index in [2.05, 4.69) is 176 Å². The molecule has 15 rings (SSSR count). The van der Waals surface area contributed by atoms with Crippen LogP contribution in [0.25, 0.3) is 55.8 Å². The molecule has 15 heterocycles. The first kappa shape index (κ1) is 133. The Kier molecular flexibility index (Phi) is 56.5. The van der Waals surface area contributed by atoms with Gasteiger partial charge in [-0.05, 0) is 59.4 Å². The van der Waals surface area contributed by atoms with Gasteiger partial charge in [0.05, 0.1) is 47.3 Å². The topological polar surface area (TPSA) is 786 Å². The normalized spacial score (nSPS) is 23.2. The SMILES string of the molecule is C.C.C.C.C.CC(=O)OC(C)=O.CCCCCON=O.CC[C@H]1OC(n2cnc3c(=O)[nH]c(N)nc32)[C@H](OC(C)=O)[C@@H]1OC(C)=O.CC[C@H]1OC(n2cnc3c(Cl)nc(I)nc32)[C@H](OC(C)=O)[C@@H]1OC(C)=O.CC[C@H]1OC(n2cnc3c(Cl)nc(N)nc32)[C@H](OC(C)=O)[C@@H]1OC(C)=O.ICI.Nc1nc(I)nc2c1ncn2C1O[C@H](CO)[C@@H](O)[C@H]1O.Nc1nc2c(ncn2C2O[C@H](CO)[C@@H](O)[C@H]2O)c(=O)[nH]1.O=P(Cl)(Cl)Cl. The minimum absolute atomic E-state index is 0. The summed E-state index contributed by atoms with van der Waals surface area (Å²) in [7, 11) is 0. The van der Waals surface area contributed by atoms with Crippen LogP contribution in [0, 0.1) is 12.6 Å². The number of esters is 8. The number of hydrogen-bond donors (Lipinski definition) is 12. The molecule has 10 aromatic rings. The first-order chi connectivity index (χ1) is 66.4. The molecule has 5 saturated heterocycles. The summed E-state index contributed by atoms with van der Waals surface area (Å²) >= 11 is 34.4. The molecule has 5 fully saturated rings. The molecule has 20 atom stereocenters. The first-order valence-electron chi connectivity index (χ1n) is 41.5. The van der Waals surface area contributed by atoms with Crippen LogP contribution in [-0.4, -0.2) is 290 Å². The van der Waals surface area contributed by atoms with Gasteiger partial charge < -0.3 is 115 Å². The van der Waals surface area contributed by atoms with Gasteiger partial charge in [0.15, 0.2) is 136 Å². The van der Waals surface area contributed by atoms with Gasteiger partial charge in [0.1, 0.15) is 78.1 Å². The van der Waals surface area contributed by atoms with Gasteiger partial charge in [-0.15, -0.1) is 4.91 Å². The van der Waals surface area contributed by atoms with Gasteiger partial charge in [-0.25, -0.2) is 44.9 Å². The predicted octanol–water partition coefficient (Wildman–Crippen LogP) is 9.07. The van der Waals surface area contributed by atoms with Crippen LogP contribution in [0.5, 0.6) is 0 Å². The second kappa shape index (κ2) is 62.0. The van der Waals surface area contributed by atoms with Crippen molar-refractivity contribution in [2.45, 2.75) is 281 Å². The van der Waals surface area contributed by atoms with Crippen molar-refractivity contribution in [3.05, 3.63) is 75.2 Å². The highest BCUT2D eigenvalue weighted by atomic mass is 127. The number of aliphatic hydroxyl groups is 6. The fourth-order valence-corrected chi connectivity index (χ4v) is 15.6. The average molecular weight is 2640 g/mol. The molecule has 0 amide bonds. The van der Waals surface area contributed by atoms with Gasteiger partial charge in [0, 0.05) is 101 Å². The van der Waals surface area contributed by atoms with Crippen LogP contribution in [0.4, 0.5) is 23.7 Å². The number of ether oxygens (including phenoxy) is 12.